The number of hydrogen-bond donors (Lipinski definition) is 1. The van der Waals surface area contributed by atoms with Crippen molar-refractivity contribution in [2.24, 2.45) is 0 Å². The zero-order chi connectivity index (χ0) is 11.3. The van der Waals surface area contributed by atoms with E-state index in [0.717, 1.165) is 5.56 Å². The first-order valence-corrected chi connectivity index (χ1v) is 4.90. The lowest BCUT2D eigenvalue weighted by molar-refractivity contribution is 0.354. The van der Waals surface area contributed by atoms with Crippen molar-refractivity contribution in [1.29, 1.82) is 0 Å². The van der Waals surface area contributed by atoms with E-state index in [1.54, 1.807) is 13.1 Å². The highest BCUT2D eigenvalue weighted by atomic mass is 35.5. The molecule has 0 radical (unpaired) electrons. The Morgan fingerprint density at radius 3 is 2.93 bits per heavy atom. The second-order valence-corrected chi connectivity index (χ2v) is 3.62. The number of ether oxygens (including phenoxy) is 1. The summed E-state index contributed by atoms with van der Waals surface area (Å²) in [6.07, 6.45) is 0. The topological polar surface area (TPSA) is 21.3 Å². The Kier molecular flexibility index (Phi) is 4.59. The predicted molar refractivity (Wildman–Crippen MR) is 59.7 cm³/mol. The first kappa shape index (κ1) is 12.0. The lowest BCUT2D eigenvalue weighted by atomic mass is 10.2. The summed E-state index contributed by atoms with van der Waals surface area (Å²) in [4.78, 5) is 0. The van der Waals surface area contributed by atoms with Crippen molar-refractivity contribution in [3.05, 3.63) is 41.2 Å². The van der Waals surface area contributed by atoms with Crippen molar-refractivity contribution in [3.63, 3.8) is 0 Å². The summed E-state index contributed by atoms with van der Waals surface area (Å²) >= 11 is 5.58. The summed E-state index contributed by atoms with van der Waals surface area (Å²) in [6, 6.07) is 4.37. The maximum atomic E-state index is 12.9. The van der Waals surface area contributed by atoms with Crippen LogP contribution in [0.1, 0.15) is 5.56 Å². The fraction of sp³-hybridized carbons (Fsp3) is 0.273. The van der Waals surface area contributed by atoms with Gasteiger partial charge in [0.1, 0.15) is 18.2 Å². The molecule has 0 saturated carbocycles. The highest BCUT2D eigenvalue weighted by Gasteiger charge is 2.04. The molecule has 15 heavy (non-hydrogen) atoms. The van der Waals surface area contributed by atoms with Crippen molar-refractivity contribution in [2.45, 2.75) is 6.54 Å². The Hall–Kier alpha value is -1.06. The van der Waals surface area contributed by atoms with Gasteiger partial charge in [-0.1, -0.05) is 18.2 Å². The minimum atomic E-state index is -0.280. The van der Waals surface area contributed by atoms with Gasteiger partial charge in [0.05, 0.1) is 0 Å². The van der Waals surface area contributed by atoms with Crippen LogP contribution in [-0.2, 0) is 6.54 Å². The minimum Gasteiger partial charge on any atom is -0.488 e. The Bertz CT molecular complexity index is 354. The van der Waals surface area contributed by atoms with E-state index in [9.17, 15) is 4.39 Å². The molecule has 1 aromatic rings. The lowest BCUT2D eigenvalue weighted by Gasteiger charge is -2.10. The van der Waals surface area contributed by atoms with E-state index in [1.165, 1.54) is 12.1 Å². The second kappa shape index (κ2) is 5.73. The first-order valence-electron chi connectivity index (χ1n) is 4.52. The van der Waals surface area contributed by atoms with Crippen LogP contribution >= 0.6 is 11.6 Å². The summed E-state index contributed by atoms with van der Waals surface area (Å²) in [5.41, 5.74) is 0.760. The molecule has 0 fully saturated rings. The number of hydrogen-bond acceptors (Lipinski definition) is 2. The molecule has 0 atom stereocenters. The molecular formula is C11H13ClFNO. The van der Waals surface area contributed by atoms with Gasteiger partial charge in [0.2, 0.25) is 0 Å². The Labute approximate surface area is 93.7 Å². The maximum Gasteiger partial charge on any atom is 0.124 e. The van der Waals surface area contributed by atoms with Gasteiger partial charge in [-0.05, 0) is 25.2 Å². The number of nitrogens with one attached hydrogen (secondary N) is 1. The Morgan fingerprint density at radius 2 is 2.33 bits per heavy atom. The van der Waals surface area contributed by atoms with Gasteiger partial charge in [0.25, 0.3) is 0 Å². The molecule has 0 aromatic heterocycles. The van der Waals surface area contributed by atoms with Gasteiger partial charge in [-0.3, -0.25) is 0 Å². The molecule has 1 N–H and O–H groups in total. The largest absolute Gasteiger partial charge is 0.488 e. The summed E-state index contributed by atoms with van der Waals surface area (Å²) in [5, 5.41) is 3.35. The highest BCUT2D eigenvalue weighted by Crippen LogP contribution is 2.20. The fourth-order valence-electron chi connectivity index (χ4n) is 1.17. The van der Waals surface area contributed by atoms with Crippen LogP contribution in [-0.4, -0.2) is 13.7 Å². The number of benzene rings is 1. The fourth-order valence-corrected chi connectivity index (χ4v) is 1.23. The lowest BCUT2D eigenvalue weighted by Crippen LogP contribution is -2.08. The maximum absolute atomic E-state index is 12.9. The van der Waals surface area contributed by atoms with Crippen molar-refractivity contribution in [2.75, 3.05) is 13.7 Å². The smallest absolute Gasteiger partial charge is 0.124 e. The van der Waals surface area contributed by atoms with Gasteiger partial charge in [-0.15, -0.1) is 0 Å². The molecule has 0 bridgehead atoms. The van der Waals surface area contributed by atoms with E-state index in [-0.39, 0.29) is 12.4 Å². The molecule has 0 aliphatic rings. The van der Waals surface area contributed by atoms with Crippen LogP contribution in [0.4, 0.5) is 4.39 Å². The second-order valence-electron chi connectivity index (χ2n) is 3.09. The molecule has 0 heterocycles. The molecule has 1 aromatic carbocycles. The SMILES string of the molecule is C=C(Cl)COc1ccc(F)cc1CNC. The molecule has 0 spiro atoms. The monoisotopic (exact) mass is 229 g/mol. The van der Waals surface area contributed by atoms with Gasteiger partial charge >= 0.3 is 0 Å². The molecule has 0 amide bonds. The van der Waals surface area contributed by atoms with E-state index in [2.05, 4.69) is 11.9 Å². The minimum absolute atomic E-state index is 0.226. The normalized spacial score (nSPS) is 10.1. The third kappa shape index (κ3) is 3.90. The molecule has 2 nitrogen and oxygen atoms in total. The molecule has 82 valence electrons. The number of halogens is 2. The van der Waals surface area contributed by atoms with E-state index in [1.807, 2.05) is 0 Å². The summed E-state index contributed by atoms with van der Waals surface area (Å²) < 4.78 is 18.3. The van der Waals surface area contributed by atoms with E-state index in [4.69, 9.17) is 16.3 Å². The predicted octanol–water partition coefficient (Wildman–Crippen LogP) is 2.68. The Balaban J connectivity index is 2.80. The van der Waals surface area contributed by atoms with Gasteiger partial charge in [-0.25, -0.2) is 4.39 Å². The standard InChI is InChI=1S/C11H13ClFNO/c1-8(12)7-15-11-4-3-10(13)5-9(11)6-14-2/h3-5,14H,1,6-7H2,2H3. The third-order valence-electron chi connectivity index (χ3n) is 1.77. The van der Waals surface area contributed by atoms with Crippen molar-refractivity contribution >= 4 is 11.6 Å². The van der Waals surface area contributed by atoms with Crippen LogP contribution in [0.15, 0.2) is 29.8 Å². The van der Waals surface area contributed by atoms with Crippen molar-refractivity contribution < 1.29 is 9.13 Å². The molecular weight excluding hydrogens is 217 g/mol. The van der Waals surface area contributed by atoms with Gasteiger partial charge in [0, 0.05) is 17.1 Å². The zero-order valence-corrected chi connectivity index (χ0v) is 9.27. The quantitative estimate of drug-likeness (QED) is 0.838. The molecule has 0 saturated heterocycles. The average Bonchev–Trinajstić information content (AvgIpc) is 2.17. The first-order chi connectivity index (χ1) is 7.13. The highest BCUT2D eigenvalue weighted by molar-refractivity contribution is 6.29. The van der Waals surface area contributed by atoms with Crippen LogP contribution in [0.2, 0.25) is 0 Å². The van der Waals surface area contributed by atoms with Crippen molar-refractivity contribution in [3.8, 4) is 5.75 Å². The van der Waals surface area contributed by atoms with Gasteiger partial charge < -0.3 is 10.1 Å². The molecule has 1 rings (SSSR count). The number of rotatable bonds is 5. The van der Waals surface area contributed by atoms with Crippen LogP contribution in [0.5, 0.6) is 5.75 Å². The van der Waals surface area contributed by atoms with Gasteiger partial charge in [-0.2, -0.15) is 0 Å². The molecule has 0 aliphatic heterocycles. The zero-order valence-electron chi connectivity index (χ0n) is 8.52. The van der Waals surface area contributed by atoms with E-state index in [0.29, 0.717) is 17.3 Å². The van der Waals surface area contributed by atoms with Crippen LogP contribution in [0.3, 0.4) is 0 Å². The van der Waals surface area contributed by atoms with E-state index >= 15 is 0 Å². The average molecular weight is 230 g/mol. The summed E-state index contributed by atoms with van der Waals surface area (Å²) in [5.74, 6) is 0.338. The van der Waals surface area contributed by atoms with Crippen LogP contribution in [0.25, 0.3) is 0 Å². The van der Waals surface area contributed by atoms with Crippen LogP contribution < -0.4 is 10.1 Å². The van der Waals surface area contributed by atoms with Crippen LogP contribution in [0, 0.1) is 5.82 Å². The third-order valence-corrected chi connectivity index (χ3v) is 1.88. The van der Waals surface area contributed by atoms with Gasteiger partial charge in [0.15, 0.2) is 0 Å². The van der Waals surface area contributed by atoms with E-state index < -0.39 is 0 Å². The Morgan fingerprint density at radius 1 is 1.60 bits per heavy atom. The molecule has 4 heteroatoms. The molecule has 0 aliphatic carbocycles. The van der Waals surface area contributed by atoms with Crippen molar-refractivity contribution in [1.82, 2.24) is 5.32 Å². The molecule has 0 unspecified atom stereocenters. The summed E-state index contributed by atoms with van der Waals surface area (Å²) in [7, 11) is 1.79. The summed E-state index contributed by atoms with van der Waals surface area (Å²) in [6.45, 7) is 4.28.